The number of hydrogen-bond donors (Lipinski definition) is 1. The molecule has 1 aromatic heterocycles. The Morgan fingerprint density at radius 2 is 1.86 bits per heavy atom. The van der Waals surface area contributed by atoms with E-state index in [0.29, 0.717) is 28.2 Å². The minimum Gasteiger partial charge on any atom is -0.463 e. The van der Waals surface area contributed by atoms with E-state index in [0.717, 1.165) is 11.3 Å². The molecule has 146 valence electrons. The summed E-state index contributed by atoms with van der Waals surface area (Å²) in [6, 6.07) is 12.9. The van der Waals surface area contributed by atoms with Crippen LogP contribution in [0.2, 0.25) is 10.0 Å². The maximum Gasteiger partial charge on any atom is 0.336 e. The number of aromatic nitrogens is 3. The van der Waals surface area contributed by atoms with Crippen molar-refractivity contribution in [1.82, 2.24) is 14.8 Å². The molecule has 0 atom stereocenters. The second-order valence-corrected chi connectivity index (χ2v) is 7.20. The molecule has 0 aliphatic heterocycles. The summed E-state index contributed by atoms with van der Waals surface area (Å²) in [5, 5.41) is 8.20. The van der Waals surface area contributed by atoms with Gasteiger partial charge in [-0.3, -0.25) is 4.79 Å². The van der Waals surface area contributed by atoms with E-state index in [1.165, 1.54) is 0 Å². The molecule has 0 radical (unpaired) electrons. The lowest BCUT2D eigenvalue weighted by atomic mass is 10.2. The third kappa shape index (κ3) is 4.46. The monoisotopic (exact) mass is 418 g/mol. The van der Waals surface area contributed by atoms with Crippen LogP contribution in [0.4, 0.5) is 5.69 Å². The topological polar surface area (TPSA) is 69.0 Å². The Balaban J connectivity index is 1.98. The van der Waals surface area contributed by atoms with Crippen molar-refractivity contribution in [3.05, 3.63) is 52.5 Å². The zero-order valence-electron chi connectivity index (χ0n) is 15.7. The molecule has 0 unspecified atom stereocenters. The molecule has 8 heteroatoms. The Morgan fingerprint density at radius 3 is 2.46 bits per heavy atom. The number of hydrogen-bond acceptors (Lipinski definition) is 4. The van der Waals surface area contributed by atoms with Crippen LogP contribution < -0.4 is 10.1 Å². The third-order valence-electron chi connectivity index (χ3n) is 3.94. The van der Waals surface area contributed by atoms with Gasteiger partial charge in [-0.2, -0.15) is 4.98 Å². The molecule has 0 spiro atoms. The number of nitrogens with one attached hydrogen (secondary N) is 1. The predicted molar refractivity (Wildman–Crippen MR) is 111 cm³/mol. The molecule has 0 saturated carbocycles. The number of amides is 1. The summed E-state index contributed by atoms with van der Waals surface area (Å²) in [5.74, 6) is 0.439. The summed E-state index contributed by atoms with van der Waals surface area (Å²) in [6.45, 7) is 6.01. The van der Waals surface area contributed by atoms with Crippen molar-refractivity contribution >= 4 is 34.8 Å². The van der Waals surface area contributed by atoms with Crippen LogP contribution in [0.3, 0.4) is 0 Å². The van der Waals surface area contributed by atoms with Crippen LogP contribution in [0, 0.1) is 5.92 Å². The minimum absolute atomic E-state index is 0.0383. The molecule has 3 rings (SSSR count). The fourth-order valence-corrected chi connectivity index (χ4v) is 2.76. The van der Waals surface area contributed by atoms with Crippen molar-refractivity contribution in [1.29, 1.82) is 0 Å². The van der Waals surface area contributed by atoms with Crippen LogP contribution >= 0.6 is 23.2 Å². The van der Waals surface area contributed by atoms with Crippen molar-refractivity contribution < 1.29 is 9.53 Å². The molecule has 3 aromatic rings. The Hall–Kier alpha value is -2.57. The highest BCUT2D eigenvalue weighted by Crippen LogP contribution is 2.30. The second-order valence-electron chi connectivity index (χ2n) is 6.38. The molecule has 0 fully saturated rings. The first kappa shape index (κ1) is 20.2. The van der Waals surface area contributed by atoms with Crippen molar-refractivity contribution in [3.63, 3.8) is 0 Å². The van der Waals surface area contributed by atoms with E-state index in [9.17, 15) is 4.79 Å². The molecule has 0 saturated heterocycles. The summed E-state index contributed by atoms with van der Waals surface area (Å²) in [6.07, 6.45) is 0. The van der Waals surface area contributed by atoms with Gasteiger partial charge in [-0.05, 0) is 49.4 Å². The minimum atomic E-state index is -0.0926. The van der Waals surface area contributed by atoms with Crippen LogP contribution in [0.1, 0.15) is 20.8 Å². The molecule has 6 nitrogen and oxygen atoms in total. The molecule has 1 amide bonds. The van der Waals surface area contributed by atoms with Crippen LogP contribution in [-0.2, 0) is 4.79 Å². The number of benzene rings is 2. The molecular weight excluding hydrogens is 399 g/mol. The standard InChI is InChI=1S/C20H20Cl2N4O2/c1-4-28-20-24-18(13-5-10-16(21)17(22)11-13)26(25-20)15-8-6-14(7-9-15)23-19(27)12(2)3/h5-12H,4H2,1-3H3,(H,23,27). The number of carbonyl (C=O) groups excluding carboxylic acids is 1. The van der Waals surface area contributed by atoms with Crippen LogP contribution in [0.15, 0.2) is 42.5 Å². The quantitative estimate of drug-likeness (QED) is 0.594. The second kappa shape index (κ2) is 8.63. The van der Waals surface area contributed by atoms with Gasteiger partial charge in [-0.25, -0.2) is 4.68 Å². The van der Waals surface area contributed by atoms with Gasteiger partial charge in [0.1, 0.15) is 0 Å². The number of nitrogens with zero attached hydrogens (tertiary/aromatic N) is 3. The number of anilines is 1. The molecule has 0 bridgehead atoms. The smallest absolute Gasteiger partial charge is 0.336 e. The SMILES string of the molecule is CCOc1nc(-c2ccc(Cl)c(Cl)c2)n(-c2ccc(NC(=O)C(C)C)cc2)n1. The Morgan fingerprint density at radius 1 is 1.14 bits per heavy atom. The van der Waals surface area contributed by atoms with E-state index in [-0.39, 0.29) is 17.8 Å². The maximum absolute atomic E-state index is 11.9. The number of rotatable bonds is 6. The normalized spacial score (nSPS) is 10.9. The summed E-state index contributed by atoms with van der Waals surface area (Å²) < 4.78 is 7.13. The van der Waals surface area contributed by atoms with E-state index in [2.05, 4.69) is 15.4 Å². The van der Waals surface area contributed by atoms with Crippen molar-refractivity contribution in [2.75, 3.05) is 11.9 Å². The van der Waals surface area contributed by atoms with Gasteiger partial charge in [0.25, 0.3) is 0 Å². The summed E-state index contributed by atoms with van der Waals surface area (Å²) in [5.41, 5.74) is 2.23. The van der Waals surface area contributed by atoms with Crippen molar-refractivity contribution in [2.45, 2.75) is 20.8 Å². The first-order valence-electron chi connectivity index (χ1n) is 8.85. The number of halogens is 2. The van der Waals surface area contributed by atoms with E-state index in [1.54, 1.807) is 16.8 Å². The van der Waals surface area contributed by atoms with Gasteiger partial charge >= 0.3 is 6.01 Å². The van der Waals surface area contributed by atoms with Gasteiger partial charge < -0.3 is 10.1 Å². The lowest BCUT2D eigenvalue weighted by molar-refractivity contribution is -0.118. The Bertz CT molecular complexity index is 984. The molecule has 1 N–H and O–H groups in total. The van der Waals surface area contributed by atoms with Gasteiger partial charge in [0.2, 0.25) is 5.91 Å². The maximum atomic E-state index is 11.9. The fraction of sp³-hybridized carbons (Fsp3) is 0.250. The van der Waals surface area contributed by atoms with E-state index >= 15 is 0 Å². The highest BCUT2D eigenvalue weighted by atomic mass is 35.5. The number of ether oxygens (including phenoxy) is 1. The first-order chi connectivity index (χ1) is 13.4. The van der Waals surface area contributed by atoms with Crippen molar-refractivity contribution in [2.24, 2.45) is 5.92 Å². The number of carbonyl (C=O) groups is 1. The average Bonchev–Trinajstić information content (AvgIpc) is 3.08. The Kier molecular flexibility index (Phi) is 6.21. The van der Waals surface area contributed by atoms with E-state index in [1.807, 2.05) is 51.1 Å². The summed E-state index contributed by atoms with van der Waals surface area (Å²) in [7, 11) is 0. The molecule has 0 aliphatic carbocycles. The highest BCUT2D eigenvalue weighted by molar-refractivity contribution is 6.42. The highest BCUT2D eigenvalue weighted by Gasteiger charge is 2.16. The summed E-state index contributed by atoms with van der Waals surface area (Å²) >= 11 is 12.2. The largest absolute Gasteiger partial charge is 0.463 e. The van der Waals surface area contributed by atoms with Crippen LogP contribution in [0.25, 0.3) is 17.1 Å². The van der Waals surface area contributed by atoms with Gasteiger partial charge in [0.15, 0.2) is 5.82 Å². The van der Waals surface area contributed by atoms with Crippen LogP contribution in [-0.4, -0.2) is 27.3 Å². The van der Waals surface area contributed by atoms with Gasteiger partial charge in [0.05, 0.1) is 22.3 Å². The lowest BCUT2D eigenvalue weighted by Gasteiger charge is -2.10. The summed E-state index contributed by atoms with van der Waals surface area (Å²) in [4.78, 5) is 16.3. The fourth-order valence-electron chi connectivity index (χ4n) is 2.46. The zero-order chi connectivity index (χ0) is 20.3. The Labute approximate surface area is 173 Å². The van der Waals surface area contributed by atoms with Gasteiger partial charge in [-0.15, -0.1) is 5.10 Å². The molecule has 1 heterocycles. The van der Waals surface area contributed by atoms with Crippen molar-refractivity contribution in [3.8, 4) is 23.1 Å². The molecule has 28 heavy (non-hydrogen) atoms. The average molecular weight is 419 g/mol. The first-order valence-corrected chi connectivity index (χ1v) is 9.61. The van der Waals surface area contributed by atoms with Gasteiger partial charge in [-0.1, -0.05) is 37.0 Å². The van der Waals surface area contributed by atoms with E-state index in [4.69, 9.17) is 27.9 Å². The zero-order valence-corrected chi connectivity index (χ0v) is 17.3. The third-order valence-corrected chi connectivity index (χ3v) is 4.68. The molecular formula is C20H20Cl2N4O2. The lowest BCUT2D eigenvalue weighted by Crippen LogP contribution is -2.17. The van der Waals surface area contributed by atoms with E-state index < -0.39 is 0 Å². The van der Waals surface area contributed by atoms with Gasteiger partial charge in [0, 0.05) is 17.2 Å². The molecule has 2 aromatic carbocycles. The van der Waals surface area contributed by atoms with Crippen LogP contribution in [0.5, 0.6) is 6.01 Å². The predicted octanol–water partition coefficient (Wildman–Crippen LogP) is 5.23. The molecule has 0 aliphatic rings.